The number of benzene rings is 1. The number of methoxy groups -OCH3 is 1. The van der Waals surface area contributed by atoms with Gasteiger partial charge in [-0.2, -0.15) is 0 Å². The number of aromatic nitrogens is 2. The predicted molar refractivity (Wildman–Crippen MR) is 72.6 cm³/mol. The smallest absolute Gasteiger partial charge is 0.309 e. The first kappa shape index (κ1) is 14.0. The van der Waals surface area contributed by atoms with Gasteiger partial charge in [-0.15, -0.1) is 10.2 Å². The number of ether oxygens (including phenoxy) is 1. The average molecular weight is 275 g/mol. The van der Waals surface area contributed by atoms with Crippen LogP contribution < -0.4 is 10.1 Å². The zero-order valence-corrected chi connectivity index (χ0v) is 11.7. The Morgan fingerprint density at radius 1 is 1.30 bits per heavy atom. The Morgan fingerprint density at radius 3 is 2.55 bits per heavy atom. The lowest BCUT2D eigenvalue weighted by molar-refractivity contribution is 0.0914. The molecule has 0 fully saturated rings. The molecule has 6 heteroatoms. The maximum absolute atomic E-state index is 11.8. The molecular weight excluding hydrogens is 258 g/mol. The van der Waals surface area contributed by atoms with E-state index in [2.05, 4.69) is 15.5 Å². The minimum absolute atomic E-state index is 0.0118. The van der Waals surface area contributed by atoms with Gasteiger partial charge in [0.2, 0.25) is 5.89 Å². The van der Waals surface area contributed by atoms with E-state index < -0.39 is 0 Å². The molecule has 0 unspecified atom stereocenters. The zero-order chi connectivity index (χ0) is 14.5. The molecule has 2 rings (SSSR count). The first-order valence-corrected chi connectivity index (χ1v) is 6.34. The van der Waals surface area contributed by atoms with Gasteiger partial charge in [0, 0.05) is 12.5 Å². The molecule has 0 bridgehead atoms. The largest absolute Gasteiger partial charge is 0.497 e. The third-order valence-corrected chi connectivity index (χ3v) is 2.74. The Hall–Kier alpha value is -2.37. The Labute approximate surface area is 117 Å². The van der Waals surface area contributed by atoms with E-state index in [1.807, 2.05) is 38.1 Å². The van der Waals surface area contributed by atoms with Crippen LogP contribution in [-0.2, 0) is 6.54 Å². The van der Waals surface area contributed by atoms with Gasteiger partial charge in [0.15, 0.2) is 0 Å². The Bertz CT molecular complexity index is 576. The fourth-order valence-corrected chi connectivity index (χ4v) is 1.56. The molecule has 2 aromatic rings. The lowest BCUT2D eigenvalue weighted by Gasteiger charge is -2.04. The molecule has 0 spiro atoms. The monoisotopic (exact) mass is 275 g/mol. The minimum Gasteiger partial charge on any atom is -0.497 e. The number of amides is 1. The quantitative estimate of drug-likeness (QED) is 0.904. The highest BCUT2D eigenvalue weighted by Gasteiger charge is 2.16. The Kier molecular flexibility index (Phi) is 4.34. The van der Waals surface area contributed by atoms with Crippen LogP contribution in [0.1, 0.15) is 41.9 Å². The topological polar surface area (TPSA) is 77.2 Å². The molecule has 0 saturated heterocycles. The number of nitrogens with one attached hydrogen (secondary N) is 1. The maximum Gasteiger partial charge on any atom is 0.309 e. The van der Waals surface area contributed by atoms with Crippen LogP contribution in [0.3, 0.4) is 0 Å². The van der Waals surface area contributed by atoms with Crippen molar-refractivity contribution >= 4 is 5.91 Å². The van der Waals surface area contributed by atoms with E-state index in [-0.39, 0.29) is 17.7 Å². The van der Waals surface area contributed by atoms with Crippen molar-refractivity contribution in [2.45, 2.75) is 26.3 Å². The first-order valence-electron chi connectivity index (χ1n) is 6.34. The van der Waals surface area contributed by atoms with E-state index in [9.17, 15) is 4.79 Å². The normalized spacial score (nSPS) is 10.6. The van der Waals surface area contributed by atoms with E-state index in [0.717, 1.165) is 11.3 Å². The van der Waals surface area contributed by atoms with Crippen LogP contribution in [0, 0.1) is 0 Å². The van der Waals surface area contributed by atoms with Gasteiger partial charge in [0.05, 0.1) is 7.11 Å². The molecule has 6 nitrogen and oxygen atoms in total. The second kappa shape index (κ2) is 6.18. The standard InChI is InChI=1S/C14H17N3O3/c1-9(2)13-16-17-14(20-13)12(18)15-8-10-4-6-11(19-3)7-5-10/h4-7,9H,8H2,1-3H3,(H,15,18). The molecule has 106 valence electrons. The summed E-state index contributed by atoms with van der Waals surface area (Å²) in [4.78, 5) is 11.8. The van der Waals surface area contributed by atoms with Crippen LogP contribution in [0.5, 0.6) is 5.75 Å². The van der Waals surface area contributed by atoms with E-state index in [1.165, 1.54) is 0 Å². The summed E-state index contributed by atoms with van der Waals surface area (Å²) in [5.74, 6) is 0.950. The summed E-state index contributed by atoms with van der Waals surface area (Å²) in [6.07, 6.45) is 0. The van der Waals surface area contributed by atoms with Crippen LogP contribution in [0.15, 0.2) is 28.7 Å². The average Bonchev–Trinajstić information content (AvgIpc) is 2.95. The SMILES string of the molecule is COc1ccc(CNC(=O)c2nnc(C(C)C)o2)cc1. The summed E-state index contributed by atoms with van der Waals surface area (Å²) in [5, 5.41) is 10.3. The molecule has 1 amide bonds. The van der Waals surface area contributed by atoms with Gasteiger partial charge < -0.3 is 14.5 Å². The minimum atomic E-state index is -0.375. The third-order valence-electron chi connectivity index (χ3n) is 2.74. The van der Waals surface area contributed by atoms with Crippen LogP contribution >= 0.6 is 0 Å². The van der Waals surface area contributed by atoms with Gasteiger partial charge in [-0.05, 0) is 17.7 Å². The lowest BCUT2D eigenvalue weighted by Crippen LogP contribution is -2.23. The zero-order valence-electron chi connectivity index (χ0n) is 11.7. The molecule has 0 saturated carbocycles. The molecular formula is C14H17N3O3. The number of carbonyl (C=O) groups is 1. The van der Waals surface area contributed by atoms with Gasteiger partial charge in [0.1, 0.15) is 5.75 Å². The number of rotatable bonds is 5. The van der Waals surface area contributed by atoms with Crippen LogP contribution in [0.4, 0.5) is 0 Å². The molecule has 0 aliphatic carbocycles. The molecule has 1 aromatic carbocycles. The highest BCUT2D eigenvalue weighted by Crippen LogP contribution is 2.13. The van der Waals surface area contributed by atoms with Gasteiger partial charge >= 0.3 is 11.8 Å². The summed E-state index contributed by atoms with van der Waals surface area (Å²) in [6, 6.07) is 7.44. The molecule has 1 aromatic heterocycles. The number of hydrogen-bond acceptors (Lipinski definition) is 5. The van der Waals surface area contributed by atoms with Crippen molar-refractivity contribution in [3.8, 4) is 5.75 Å². The fraction of sp³-hybridized carbons (Fsp3) is 0.357. The molecule has 0 atom stereocenters. The summed E-state index contributed by atoms with van der Waals surface area (Å²) in [6.45, 7) is 4.24. The summed E-state index contributed by atoms with van der Waals surface area (Å²) < 4.78 is 10.3. The van der Waals surface area contributed by atoms with Crippen molar-refractivity contribution in [3.05, 3.63) is 41.6 Å². The molecule has 0 aliphatic rings. The molecule has 1 N–H and O–H groups in total. The van der Waals surface area contributed by atoms with Gasteiger partial charge in [0.25, 0.3) is 0 Å². The van der Waals surface area contributed by atoms with Crippen LogP contribution in [-0.4, -0.2) is 23.2 Å². The first-order chi connectivity index (χ1) is 9.60. The van der Waals surface area contributed by atoms with Gasteiger partial charge in [-0.1, -0.05) is 26.0 Å². The Morgan fingerprint density at radius 2 is 2.00 bits per heavy atom. The highest BCUT2D eigenvalue weighted by molar-refractivity contribution is 5.89. The van der Waals surface area contributed by atoms with Crippen LogP contribution in [0.25, 0.3) is 0 Å². The van der Waals surface area contributed by atoms with Crippen molar-refractivity contribution in [1.82, 2.24) is 15.5 Å². The van der Waals surface area contributed by atoms with E-state index in [4.69, 9.17) is 9.15 Å². The summed E-state index contributed by atoms with van der Waals surface area (Å²) in [5.41, 5.74) is 0.961. The second-order valence-corrected chi connectivity index (χ2v) is 4.63. The van der Waals surface area contributed by atoms with E-state index in [0.29, 0.717) is 12.4 Å². The molecule has 20 heavy (non-hydrogen) atoms. The number of hydrogen-bond donors (Lipinski definition) is 1. The van der Waals surface area contributed by atoms with Gasteiger partial charge in [-0.3, -0.25) is 4.79 Å². The van der Waals surface area contributed by atoms with Crippen molar-refractivity contribution < 1.29 is 13.9 Å². The van der Waals surface area contributed by atoms with Crippen molar-refractivity contribution in [2.24, 2.45) is 0 Å². The predicted octanol–water partition coefficient (Wildman–Crippen LogP) is 2.13. The number of nitrogens with zero attached hydrogens (tertiary/aromatic N) is 2. The second-order valence-electron chi connectivity index (χ2n) is 4.63. The van der Waals surface area contributed by atoms with Gasteiger partial charge in [-0.25, -0.2) is 0 Å². The Balaban J connectivity index is 1.93. The number of carbonyl (C=O) groups excluding carboxylic acids is 1. The van der Waals surface area contributed by atoms with Crippen molar-refractivity contribution in [3.63, 3.8) is 0 Å². The molecule has 1 heterocycles. The summed E-state index contributed by atoms with van der Waals surface area (Å²) >= 11 is 0. The van der Waals surface area contributed by atoms with E-state index in [1.54, 1.807) is 7.11 Å². The fourth-order valence-electron chi connectivity index (χ4n) is 1.56. The molecule has 0 radical (unpaired) electrons. The third kappa shape index (κ3) is 3.34. The highest BCUT2D eigenvalue weighted by atomic mass is 16.5. The van der Waals surface area contributed by atoms with Crippen LogP contribution in [0.2, 0.25) is 0 Å². The van der Waals surface area contributed by atoms with Crippen molar-refractivity contribution in [1.29, 1.82) is 0 Å². The maximum atomic E-state index is 11.8. The molecule has 0 aliphatic heterocycles. The summed E-state index contributed by atoms with van der Waals surface area (Å²) in [7, 11) is 1.61. The van der Waals surface area contributed by atoms with E-state index >= 15 is 0 Å². The van der Waals surface area contributed by atoms with Crippen molar-refractivity contribution in [2.75, 3.05) is 7.11 Å². The lowest BCUT2D eigenvalue weighted by atomic mass is 10.2.